The van der Waals surface area contributed by atoms with E-state index in [0.29, 0.717) is 84.5 Å². The lowest BCUT2D eigenvalue weighted by atomic mass is 10.1. The number of halogens is 2. The molecular weight excluding hydrogens is 980 g/mol. The zero-order chi connectivity index (χ0) is 50.9. The Bertz CT molecular complexity index is 2880. The highest BCUT2D eigenvalue weighted by molar-refractivity contribution is 7.89. The zero-order valence-corrected chi connectivity index (χ0v) is 43.7. The third-order valence-corrected chi connectivity index (χ3v) is 17.7. The van der Waals surface area contributed by atoms with E-state index in [-0.39, 0.29) is 47.0 Å². The lowest BCUT2D eigenvalue weighted by Gasteiger charge is -2.36. The Hall–Kier alpha value is -4.95. The maximum Gasteiger partial charge on any atom is 0.305 e. The first-order chi connectivity index (χ1) is 33.3. The first-order valence-corrected chi connectivity index (χ1v) is 27.2. The molecule has 5 aromatic rings. The largest absolute Gasteiger partial charge is 0.481 e. The van der Waals surface area contributed by atoms with Gasteiger partial charge < -0.3 is 33.6 Å². The van der Waals surface area contributed by atoms with Crippen LogP contribution in [0.1, 0.15) is 110 Å². The summed E-state index contributed by atoms with van der Waals surface area (Å²) in [5.74, 6) is -1.36. The van der Waals surface area contributed by atoms with E-state index < -0.39 is 38.1 Å². The molecule has 0 radical (unpaired) electrons. The molecule has 6 heterocycles. The summed E-state index contributed by atoms with van der Waals surface area (Å²) in [6, 6.07) is 17.6. The molecule has 380 valence electrons. The first-order valence-electron chi connectivity index (χ1n) is 23.6. The number of hydrogen-bond acceptors (Lipinski definition) is 10. The quantitative estimate of drug-likeness (QED) is 0.0954. The van der Waals surface area contributed by atoms with Crippen molar-refractivity contribution in [1.29, 1.82) is 0 Å². The number of hydrogen-bond donors (Lipinski definition) is 2. The number of sulfonamides is 2. The van der Waals surface area contributed by atoms with Crippen LogP contribution in [-0.2, 0) is 63.5 Å². The van der Waals surface area contributed by atoms with Crippen molar-refractivity contribution in [3.63, 3.8) is 0 Å². The Morgan fingerprint density at radius 1 is 0.600 bits per heavy atom. The Kier molecular flexibility index (Phi) is 18.6. The van der Waals surface area contributed by atoms with Crippen LogP contribution in [0.3, 0.4) is 0 Å². The molecule has 2 N–H and O–H groups in total. The van der Waals surface area contributed by atoms with Crippen molar-refractivity contribution >= 4 is 61.2 Å². The molecule has 0 spiro atoms. The highest BCUT2D eigenvalue weighted by atomic mass is 35.5. The number of aromatic nitrogens is 3. The van der Waals surface area contributed by atoms with Gasteiger partial charge in [0.25, 0.3) is 0 Å². The average Bonchev–Trinajstić information content (AvgIpc) is 4.12. The van der Waals surface area contributed by atoms with Gasteiger partial charge in [-0.1, -0.05) is 23.2 Å². The number of rotatable bonds is 15. The predicted molar refractivity (Wildman–Crippen MR) is 268 cm³/mol. The molecule has 16 nitrogen and oxygen atoms in total. The summed E-state index contributed by atoms with van der Waals surface area (Å²) in [4.78, 5) is 34.7. The van der Waals surface area contributed by atoms with E-state index >= 15 is 0 Å². The molecule has 2 aromatic carbocycles. The van der Waals surface area contributed by atoms with Crippen LogP contribution in [0.5, 0.6) is 0 Å². The molecule has 3 unspecified atom stereocenters. The minimum Gasteiger partial charge on any atom is -0.481 e. The Labute approximate surface area is 421 Å². The van der Waals surface area contributed by atoms with Gasteiger partial charge in [0.05, 0.1) is 35.1 Å². The number of carboxylic acids is 1. The van der Waals surface area contributed by atoms with Gasteiger partial charge in [-0.15, -0.1) is 0 Å². The topological polar surface area (TPSA) is 191 Å². The molecule has 20 heteroatoms. The standard InChI is InChI=1S/C20H25ClN2O4S.C18H21ClN2O4S.C12H18N2O2/c1-4-27-20(24)8-7-18-17-6-5-9-22(17)10-11-23(18)28(25,26)19-13-14(2)16(21)12-15(19)3;1-12-11-17(13(2)10-14(12)19)26(24,25)21-9-8-20-7-3-4-15(20)16(21)5-6-18(22)23;1-2-16-12(15)6-5-10-11-4-3-8-14(11)9-7-13-10/h5-6,9,12-13,18H,4,7-8,10-11H2,1-3H3;3-4,7,10-11,16H,5-6,8-9H2,1-2H3,(H,22,23);3-4,8,10,13H,2,5-7,9H2,1H3. The number of ether oxygens (including phenoxy) is 2. The minimum atomic E-state index is -3.78. The maximum atomic E-state index is 13.5. The summed E-state index contributed by atoms with van der Waals surface area (Å²) in [5.41, 5.74) is 5.59. The highest BCUT2D eigenvalue weighted by Crippen LogP contribution is 2.38. The second kappa shape index (κ2) is 24.0. The number of carbonyl (C=O) groups is 3. The molecule has 0 fully saturated rings. The van der Waals surface area contributed by atoms with E-state index in [1.165, 1.54) is 14.3 Å². The number of benzene rings is 2. The molecule has 3 aromatic heterocycles. The Balaban J connectivity index is 0.000000178. The Morgan fingerprint density at radius 2 is 1.01 bits per heavy atom. The van der Waals surface area contributed by atoms with Gasteiger partial charge in [-0.05, 0) is 144 Å². The summed E-state index contributed by atoms with van der Waals surface area (Å²) in [5, 5.41) is 13.6. The van der Waals surface area contributed by atoms with Crippen molar-refractivity contribution in [1.82, 2.24) is 27.6 Å². The number of fused-ring (bicyclic) bond motifs is 3. The summed E-state index contributed by atoms with van der Waals surface area (Å²) in [6.07, 6.45) is 7.87. The summed E-state index contributed by atoms with van der Waals surface area (Å²) < 4.78 is 73.0. The number of aliphatic carboxylic acids is 1. The lowest BCUT2D eigenvalue weighted by molar-refractivity contribution is -0.144. The molecule has 0 saturated heterocycles. The fraction of sp³-hybridized carbons (Fsp3) is 0.460. The van der Waals surface area contributed by atoms with Gasteiger partial charge in [-0.2, -0.15) is 8.61 Å². The summed E-state index contributed by atoms with van der Waals surface area (Å²) >= 11 is 12.3. The second-order valence-corrected chi connectivity index (χ2v) is 22.0. The Morgan fingerprint density at radius 3 is 1.46 bits per heavy atom. The van der Waals surface area contributed by atoms with Crippen LogP contribution in [0.4, 0.5) is 0 Å². The van der Waals surface area contributed by atoms with E-state index in [1.54, 1.807) is 58.9 Å². The zero-order valence-electron chi connectivity index (χ0n) is 40.6. The monoisotopic (exact) mass is 1040 g/mol. The van der Waals surface area contributed by atoms with E-state index in [9.17, 15) is 31.2 Å². The third kappa shape index (κ3) is 12.7. The molecule has 0 amide bonds. The molecule has 0 saturated carbocycles. The molecule has 0 aliphatic carbocycles. The van der Waals surface area contributed by atoms with Gasteiger partial charge in [0.2, 0.25) is 20.0 Å². The molecule has 3 atom stereocenters. The number of aryl methyl sites for hydroxylation is 4. The fourth-order valence-corrected chi connectivity index (χ4v) is 13.5. The molecule has 0 bridgehead atoms. The highest BCUT2D eigenvalue weighted by Gasteiger charge is 2.39. The van der Waals surface area contributed by atoms with Crippen molar-refractivity contribution in [2.24, 2.45) is 0 Å². The van der Waals surface area contributed by atoms with Crippen molar-refractivity contribution in [2.75, 3.05) is 32.8 Å². The number of nitrogens with zero attached hydrogens (tertiary/aromatic N) is 5. The van der Waals surface area contributed by atoms with Gasteiger partial charge in [-0.3, -0.25) is 14.4 Å². The van der Waals surface area contributed by atoms with Crippen molar-refractivity contribution in [3.8, 4) is 0 Å². The van der Waals surface area contributed by atoms with E-state index in [0.717, 1.165) is 30.9 Å². The molecule has 8 rings (SSSR count). The van der Waals surface area contributed by atoms with Crippen LogP contribution < -0.4 is 5.32 Å². The van der Waals surface area contributed by atoms with Crippen LogP contribution in [0.25, 0.3) is 0 Å². The second-order valence-electron chi connectivity index (χ2n) is 17.5. The minimum absolute atomic E-state index is 0.0967. The van der Waals surface area contributed by atoms with Gasteiger partial charge >= 0.3 is 17.9 Å². The van der Waals surface area contributed by atoms with Crippen molar-refractivity contribution < 1.29 is 45.8 Å². The smallest absolute Gasteiger partial charge is 0.305 e. The fourth-order valence-electron chi connectivity index (χ4n) is 9.27. The molecule has 3 aliphatic rings. The average molecular weight is 1040 g/mol. The lowest BCUT2D eigenvalue weighted by Crippen LogP contribution is -2.42. The number of nitrogens with one attached hydrogen (secondary N) is 1. The van der Waals surface area contributed by atoms with Crippen molar-refractivity contribution in [2.45, 2.75) is 128 Å². The molecule has 70 heavy (non-hydrogen) atoms. The van der Waals surface area contributed by atoms with Gasteiger partial charge in [0, 0.05) is 110 Å². The van der Waals surface area contributed by atoms with Crippen LogP contribution in [0.2, 0.25) is 10.0 Å². The van der Waals surface area contributed by atoms with Gasteiger partial charge in [0.15, 0.2) is 0 Å². The SMILES string of the molecule is CCOC(=O)CCC1NCCn2cccc21.CCOC(=O)CCC1c2cccn2CCN1S(=O)(=O)c1cc(C)c(Cl)cc1C.Cc1cc(S(=O)(=O)N2CCn3cccc3C2CCC(=O)O)c(C)cc1Cl. The van der Waals surface area contributed by atoms with Crippen LogP contribution >= 0.6 is 23.2 Å². The summed E-state index contributed by atoms with van der Waals surface area (Å²) in [7, 11) is -7.53. The van der Waals surface area contributed by atoms with Gasteiger partial charge in [-0.25, -0.2) is 16.8 Å². The van der Waals surface area contributed by atoms with E-state index in [1.807, 2.05) is 52.7 Å². The summed E-state index contributed by atoms with van der Waals surface area (Å²) in [6.45, 7) is 15.1. The van der Waals surface area contributed by atoms with E-state index in [4.69, 9.17) is 37.8 Å². The normalized spacial score (nSPS) is 18.0. The van der Waals surface area contributed by atoms with Crippen LogP contribution in [-0.4, -0.2) is 95.0 Å². The number of esters is 2. The molecular formula is C50H64Cl2N6O10S2. The third-order valence-electron chi connectivity index (χ3n) is 12.8. The maximum absolute atomic E-state index is 13.5. The van der Waals surface area contributed by atoms with Crippen molar-refractivity contribution in [3.05, 3.63) is 129 Å². The first kappa shape index (κ1) is 54.4. The van der Waals surface area contributed by atoms with Gasteiger partial charge in [0.1, 0.15) is 0 Å². The van der Waals surface area contributed by atoms with Crippen LogP contribution in [0.15, 0.2) is 89.0 Å². The molecule has 3 aliphatic heterocycles. The van der Waals surface area contributed by atoms with E-state index in [2.05, 4.69) is 28.2 Å². The van der Waals surface area contributed by atoms with Crippen LogP contribution in [0, 0.1) is 27.7 Å². The number of carboxylic acid groups (broad SMARTS) is 1. The predicted octanol–water partition coefficient (Wildman–Crippen LogP) is 8.69. The number of carbonyl (C=O) groups excluding carboxylic acids is 2.